The normalized spacial score (nSPS) is 16.9. The molecular weight excluding hydrogens is 342 g/mol. The highest BCUT2D eigenvalue weighted by Crippen LogP contribution is 2.24. The van der Waals surface area contributed by atoms with Gasteiger partial charge in [0, 0.05) is 42.1 Å². The maximum Gasteiger partial charge on any atom is 0.255 e. The Morgan fingerprint density at radius 2 is 1.81 bits per heavy atom. The van der Waals surface area contributed by atoms with E-state index in [0.717, 1.165) is 61.8 Å². The highest BCUT2D eigenvalue weighted by Gasteiger charge is 2.16. The third-order valence-corrected chi connectivity index (χ3v) is 4.99. The van der Waals surface area contributed by atoms with Crippen LogP contribution in [-0.4, -0.2) is 38.1 Å². The van der Waals surface area contributed by atoms with Gasteiger partial charge in [-0.1, -0.05) is 0 Å². The summed E-state index contributed by atoms with van der Waals surface area (Å²) in [4.78, 5) is 26.5. The van der Waals surface area contributed by atoms with Gasteiger partial charge in [0.1, 0.15) is 0 Å². The minimum atomic E-state index is -0.146. The molecule has 0 aromatic heterocycles. The minimum absolute atomic E-state index is 0.0336. The van der Waals surface area contributed by atoms with Crippen molar-refractivity contribution in [3.8, 4) is 0 Å². The van der Waals surface area contributed by atoms with E-state index in [1.54, 1.807) is 6.07 Å². The van der Waals surface area contributed by atoms with Gasteiger partial charge in [-0.25, -0.2) is 0 Å². The molecule has 0 bridgehead atoms. The van der Waals surface area contributed by atoms with E-state index >= 15 is 0 Å². The molecule has 0 radical (unpaired) electrons. The van der Waals surface area contributed by atoms with Crippen molar-refractivity contribution in [2.24, 2.45) is 0 Å². The van der Waals surface area contributed by atoms with Crippen LogP contribution >= 0.6 is 0 Å². The maximum atomic E-state index is 12.6. The molecule has 0 atom stereocenters. The van der Waals surface area contributed by atoms with E-state index < -0.39 is 0 Å². The van der Waals surface area contributed by atoms with E-state index in [-0.39, 0.29) is 11.8 Å². The fourth-order valence-electron chi connectivity index (χ4n) is 3.50. The van der Waals surface area contributed by atoms with Gasteiger partial charge in [0.2, 0.25) is 5.91 Å². The summed E-state index contributed by atoms with van der Waals surface area (Å²) in [6.45, 7) is 3.27. The molecule has 2 aliphatic heterocycles. The molecule has 4 rings (SSSR count). The van der Waals surface area contributed by atoms with Crippen LogP contribution in [0.4, 0.5) is 17.1 Å². The molecule has 0 unspecified atom stereocenters. The average molecular weight is 365 g/mol. The van der Waals surface area contributed by atoms with Gasteiger partial charge in [0.25, 0.3) is 5.91 Å². The lowest BCUT2D eigenvalue weighted by Gasteiger charge is -2.28. The molecule has 2 aliphatic rings. The minimum Gasteiger partial charge on any atom is -0.378 e. The topological polar surface area (TPSA) is 70.7 Å². The molecule has 2 aromatic rings. The second-order valence-electron chi connectivity index (χ2n) is 6.87. The van der Waals surface area contributed by atoms with Crippen LogP contribution < -0.4 is 15.5 Å². The van der Waals surface area contributed by atoms with Crippen molar-refractivity contribution in [2.45, 2.75) is 19.3 Å². The van der Waals surface area contributed by atoms with Gasteiger partial charge in [0.15, 0.2) is 0 Å². The predicted octanol–water partition coefficient (Wildman–Crippen LogP) is 3.05. The number of carbonyl (C=O) groups is 2. The summed E-state index contributed by atoms with van der Waals surface area (Å²) in [5.41, 5.74) is 4.32. The number of aryl methyl sites for hydroxylation is 1. The largest absolute Gasteiger partial charge is 0.378 e. The molecule has 1 saturated heterocycles. The SMILES string of the molecule is O=C1CCCc2cc(C(=O)Nc3ccc(N4CCOCC4)cc3)ccc2N1. The summed E-state index contributed by atoms with van der Waals surface area (Å²) >= 11 is 0. The van der Waals surface area contributed by atoms with Gasteiger partial charge in [-0.15, -0.1) is 0 Å². The zero-order valence-electron chi connectivity index (χ0n) is 15.2. The summed E-state index contributed by atoms with van der Waals surface area (Å²) in [7, 11) is 0. The predicted molar refractivity (Wildman–Crippen MR) is 105 cm³/mol. The van der Waals surface area contributed by atoms with Gasteiger partial charge < -0.3 is 20.3 Å². The lowest BCUT2D eigenvalue weighted by atomic mass is 10.0. The van der Waals surface area contributed by atoms with E-state index in [1.165, 1.54) is 0 Å². The van der Waals surface area contributed by atoms with E-state index in [1.807, 2.05) is 36.4 Å². The number of morpholine rings is 1. The quantitative estimate of drug-likeness (QED) is 0.877. The Morgan fingerprint density at radius 3 is 2.59 bits per heavy atom. The van der Waals surface area contributed by atoms with Crippen molar-refractivity contribution in [1.82, 2.24) is 0 Å². The van der Waals surface area contributed by atoms with Crippen LogP contribution in [0, 0.1) is 0 Å². The first-order valence-electron chi connectivity index (χ1n) is 9.36. The smallest absolute Gasteiger partial charge is 0.255 e. The number of amides is 2. The van der Waals surface area contributed by atoms with E-state index in [9.17, 15) is 9.59 Å². The van der Waals surface area contributed by atoms with E-state index in [2.05, 4.69) is 15.5 Å². The fraction of sp³-hybridized carbons (Fsp3) is 0.333. The van der Waals surface area contributed by atoms with Gasteiger partial charge >= 0.3 is 0 Å². The summed E-state index contributed by atoms with van der Waals surface area (Å²) in [5, 5.41) is 5.84. The van der Waals surface area contributed by atoms with Crippen LogP contribution in [0.2, 0.25) is 0 Å². The fourth-order valence-corrected chi connectivity index (χ4v) is 3.50. The van der Waals surface area contributed by atoms with Crippen molar-refractivity contribution in [3.63, 3.8) is 0 Å². The highest BCUT2D eigenvalue weighted by atomic mass is 16.5. The van der Waals surface area contributed by atoms with Crippen molar-refractivity contribution in [2.75, 3.05) is 41.8 Å². The standard InChI is InChI=1S/C21H23N3O3/c25-20-3-1-2-15-14-16(4-9-19(15)23-20)21(26)22-17-5-7-18(8-6-17)24-10-12-27-13-11-24/h4-9,14H,1-3,10-13H2,(H,22,26)(H,23,25). The van der Waals surface area contributed by atoms with E-state index in [4.69, 9.17) is 4.74 Å². The molecule has 6 nitrogen and oxygen atoms in total. The first kappa shape index (κ1) is 17.5. The molecule has 27 heavy (non-hydrogen) atoms. The molecule has 2 N–H and O–H groups in total. The summed E-state index contributed by atoms with van der Waals surface area (Å²) in [6.07, 6.45) is 2.11. The van der Waals surface area contributed by atoms with Crippen LogP contribution in [0.3, 0.4) is 0 Å². The van der Waals surface area contributed by atoms with Crippen LogP contribution in [0.5, 0.6) is 0 Å². The van der Waals surface area contributed by atoms with Crippen LogP contribution in [0.15, 0.2) is 42.5 Å². The number of hydrogen-bond acceptors (Lipinski definition) is 4. The first-order valence-corrected chi connectivity index (χ1v) is 9.36. The number of nitrogens with zero attached hydrogens (tertiary/aromatic N) is 1. The number of benzene rings is 2. The molecular formula is C21H23N3O3. The third-order valence-electron chi connectivity index (χ3n) is 4.99. The third kappa shape index (κ3) is 4.11. The Balaban J connectivity index is 1.44. The van der Waals surface area contributed by atoms with Crippen molar-refractivity contribution in [3.05, 3.63) is 53.6 Å². The molecule has 2 amide bonds. The van der Waals surface area contributed by atoms with Crippen LogP contribution in [-0.2, 0) is 16.0 Å². The zero-order chi connectivity index (χ0) is 18.6. The Morgan fingerprint density at radius 1 is 1.04 bits per heavy atom. The zero-order valence-corrected chi connectivity index (χ0v) is 15.2. The second kappa shape index (κ2) is 7.80. The summed E-state index contributed by atoms with van der Waals surface area (Å²) in [5.74, 6) is -0.112. The van der Waals surface area contributed by atoms with Gasteiger partial charge in [-0.2, -0.15) is 0 Å². The Bertz CT molecular complexity index is 842. The Kier molecular flexibility index (Phi) is 5.07. The molecule has 0 spiro atoms. The monoisotopic (exact) mass is 365 g/mol. The number of anilines is 3. The highest BCUT2D eigenvalue weighted by molar-refractivity contribution is 6.05. The number of nitrogens with one attached hydrogen (secondary N) is 2. The average Bonchev–Trinajstić information content (AvgIpc) is 2.89. The molecule has 0 saturated carbocycles. The Hall–Kier alpha value is -2.86. The van der Waals surface area contributed by atoms with Gasteiger partial charge in [-0.05, 0) is 60.9 Å². The number of hydrogen-bond donors (Lipinski definition) is 2. The maximum absolute atomic E-state index is 12.6. The van der Waals surface area contributed by atoms with Gasteiger partial charge in [0.05, 0.1) is 13.2 Å². The van der Waals surface area contributed by atoms with Crippen LogP contribution in [0.1, 0.15) is 28.8 Å². The number of rotatable bonds is 3. The molecule has 140 valence electrons. The second-order valence-corrected chi connectivity index (χ2v) is 6.87. The lowest BCUT2D eigenvalue weighted by Crippen LogP contribution is -2.36. The molecule has 2 aromatic carbocycles. The molecule has 2 heterocycles. The van der Waals surface area contributed by atoms with Gasteiger partial charge in [-0.3, -0.25) is 9.59 Å². The number of fused-ring (bicyclic) bond motifs is 1. The van der Waals surface area contributed by atoms with Crippen LogP contribution in [0.25, 0.3) is 0 Å². The lowest BCUT2D eigenvalue weighted by molar-refractivity contribution is -0.116. The number of ether oxygens (including phenoxy) is 1. The summed E-state index contributed by atoms with van der Waals surface area (Å²) < 4.78 is 5.38. The molecule has 1 fully saturated rings. The van der Waals surface area contributed by atoms with Crippen molar-refractivity contribution >= 4 is 28.9 Å². The molecule has 6 heteroatoms. The first-order chi connectivity index (χ1) is 13.2. The van der Waals surface area contributed by atoms with E-state index in [0.29, 0.717) is 12.0 Å². The number of carbonyl (C=O) groups excluding carboxylic acids is 2. The summed E-state index contributed by atoms with van der Waals surface area (Å²) in [6, 6.07) is 13.3. The van der Waals surface area contributed by atoms with Crippen molar-refractivity contribution < 1.29 is 14.3 Å². The van der Waals surface area contributed by atoms with Crippen molar-refractivity contribution in [1.29, 1.82) is 0 Å². The Labute approximate surface area is 158 Å². The molecule has 0 aliphatic carbocycles.